The second-order valence-corrected chi connectivity index (χ2v) is 6.53. The van der Waals surface area contributed by atoms with Crippen molar-refractivity contribution in [3.8, 4) is 0 Å². The van der Waals surface area contributed by atoms with Crippen molar-refractivity contribution in [1.29, 1.82) is 0 Å². The van der Waals surface area contributed by atoms with Crippen LogP contribution < -0.4 is 0 Å². The first-order valence-electron chi connectivity index (χ1n) is 7.82. The van der Waals surface area contributed by atoms with E-state index in [4.69, 9.17) is 11.6 Å². The molecule has 2 saturated heterocycles. The van der Waals surface area contributed by atoms with Gasteiger partial charge in [-0.1, -0.05) is 11.6 Å². The third kappa shape index (κ3) is 3.24. The highest BCUT2D eigenvalue weighted by Gasteiger charge is 2.30. The van der Waals surface area contributed by atoms with Gasteiger partial charge in [-0.3, -0.25) is 9.69 Å². The largest absolute Gasteiger partial charge is 0.342 e. The molecule has 0 spiro atoms. The molecule has 3 rings (SSSR count). The van der Waals surface area contributed by atoms with E-state index in [0.717, 1.165) is 51.4 Å². The summed E-state index contributed by atoms with van der Waals surface area (Å²) in [7, 11) is 1.94. The molecular weight excluding hydrogens is 288 g/mol. The summed E-state index contributed by atoms with van der Waals surface area (Å²) >= 11 is 6.02. The van der Waals surface area contributed by atoms with Crippen LogP contribution in [0.5, 0.6) is 0 Å². The molecule has 0 saturated carbocycles. The van der Waals surface area contributed by atoms with E-state index in [9.17, 15) is 4.79 Å². The van der Waals surface area contributed by atoms with Crippen molar-refractivity contribution in [1.82, 2.24) is 19.4 Å². The number of hydrogen-bond donors (Lipinski definition) is 0. The van der Waals surface area contributed by atoms with E-state index < -0.39 is 0 Å². The second kappa shape index (κ2) is 6.36. The summed E-state index contributed by atoms with van der Waals surface area (Å²) < 4.78 is 1.92. The van der Waals surface area contributed by atoms with E-state index in [1.807, 2.05) is 11.6 Å². The Labute approximate surface area is 130 Å². The van der Waals surface area contributed by atoms with Crippen LogP contribution in [0, 0.1) is 5.92 Å². The van der Waals surface area contributed by atoms with E-state index in [-0.39, 0.29) is 5.92 Å². The molecule has 6 heteroatoms. The number of nitrogens with zero attached hydrogens (tertiary/aromatic N) is 4. The summed E-state index contributed by atoms with van der Waals surface area (Å²) in [4.78, 5) is 21.2. The molecule has 0 atom stereocenters. The Hall–Kier alpha value is -1.07. The zero-order chi connectivity index (χ0) is 14.8. The van der Waals surface area contributed by atoms with E-state index in [1.165, 1.54) is 12.8 Å². The number of piperidine rings is 1. The van der Waals surface area contributed by atoms with Gasteiger partial charge >= 0.3 is 0 Å². The van der Waals surface area contributed by atoms with Gasteiger partial charge in [-0.2, -0.15) is 0 Å². The second-order valence-electron chi connectivity index (χ2n) is 6.14. The molecule has 2 aliphatic heterocycles. The molecule has 5 nitrogen and oxygen atoms in total. The average molecular weight is 311 g/mol. The van der Waals surface area contributed by atoms with Crippen LogP contribution in [-0.4, -0.2) is 51.4 Å². The summed E-state index contributed by atoms with van der Waals surface area (Å²) in [6, 6.07) is 0. The lowest BCUT2D eigenvalue weighted by Crippen LogP contribution is -2.41. The first-order valence-corrected chi connectivity index (χ1v) is 8.20. The van der Waals surface area contributed by atoms with Gasteiger partial charge in [0.15, 0.2) is 0 Å². The van der Waals surface area contributed by atoms with Gasteiger partial charge < -0.3 is 9.47 Å². The molecule has 21 heavy (non-hydrogen) atoms. The van der Waals surface area contributed by atoms with Crippen LogP contribution in [0.2, 0.25) is 5.15 Å². The summed E-state index contributed by atoms with van der Waals surface area (Å²) in [5, 5.41) is 0.670. The fraction of sp³-hybridized carbons (Fsp3) is 0.733. The van der Waals surface area contributed by atoms with Gasteiger partial charge in [0.2, 0.25) is 5.91 Å². The minimum atomic E-state index is 0.226. The Morgan fingerprint density at radius 1 is 1.29 bits per heavy atom. The predicted octanol–water partition coefficient (Wildman–Crippen LogP) is 1.91. The number of amides is 1. The van der Waals surface area contributed by atoms with Crippen LogP contribution in [0.15, 0.2) is 6.20 Å². The topological polar surface area (TPSA) is 41.4 Å². The van der Waals surface area contributed by atoms with Crippen molar-refractivity contribution in [3.05, 3.63) is 17.2 Å². The lowest BCUT2D eigenvalue weighted by Gasteiger charge is -2.32. The quantitative estimate of drug-likeness (QED) is 0.856. The molecule has 0 aromatic carbocycles. The number of aromatic nitrogens is 2. The average Bonchev–Trinajstić information content (AvgIpc) is 3.13. The minimum Gasteiger partial charge on any atom is -0.342 e. The van der Waals surface area contributed by atoms with Crippen LogP contribution in [0.1, 0.15) is 31.5 Å². The van der Waals surface area contributed by atoms with Crippen LogP contribution >= 0.6 is 11.6 Å². The van der Waals surface area contributed by atoms with E-state index in [2.05, 4.69) is 14.8 Å². The Morgan fingerprint density at radius 3 is 2.52 bits per heavy atom. The Morgan fingerprint density at radius 2 is 1.95 bits per heavy atom. The fourth-order valence-corrected chi connectivity index (χ4v) is 3.45. The Kier molecular flexibility index (Phi) is 4.50. The minimum absolute atomic E-state index is 0.226. The number of hydrogen-bond acceptors (Lipinski definition) is 3. The molecular formula is C15H23ClN4O. The number of halogens is 1. The highest BCUT2D eigenvalue weighted by Crippen LogP contribution is 2.23. The molecule has 0 bridgehead atoms. The van der Waals surface area contributed by atoms with E-state index in [0.29, 0.717) is 11.1 Å². The summed E-state index contributed by atoms with van der Waals surface area (Å²) in [5.74, 6) is 1.60. The number of likely N-dealkylation sites (tertiary alicyclic amines) is 2. The van der Waals surface area contributed by atoms with Crippen LogP contribution in [0.3, 0.4) is 0 Å². The lowest BCUT2D eigenvalue weighted by molar-refractivity contribution is -0.136. The molecule has 0 unspecified atom stereocenters. The molecule has 1 aromatic rings. The van der Waals surface area contributed by atoms with Crippen molar-refractivity contribution in [2.75, 3.05) is 26.2 Å². The normalized spacial score (nSPS) is 21.1. The molecule has 2 aliphatic rings. The predicted molar refractivity (Wildman–Crippen MR) is 82.0 cm³/mol. The number of imidazole rings is 1. The maximum atomic E-state index is 12.4. The first-order chi connectivity index (χ1) is 10.1. The zero-order valence-corrected chi connectivity index (χ0v) is 13.3. The van der Waals surface area contributed by atoms with Gasteiger partial charge in [0, 0.05) is 26.1 Å². The summed E-state index contributed by atoms with van der Waals surface area (Å²) in [5.41, 5.74) is 0. The van der Waals surface area contributed by atoms with Gasteiger partial charge in [0.25, 0.3) is 0 Å². The Bertz CT molecular complexity index is 502. The van der Waals surface area contributed by atoms with Crippen LogP contribution in [-0.2, 0) is 18.4 Å². The van der Waals surface area contributed by atoms with Crippen molar-refractivity contribution >= 4 is 17.5 Å². The van der Waals surface area contributed by atoms with Gasteiger partial charge in [0.1, 0.15) is 11.0 Å². The third-order valence-corrected chi connectivity index (χ3v) is 5.10. The number of carbonyl (C=O) groups excluding carboxylic acids is 1. The SMILES string of the molecule is Cn1c(Cl)cnc1CN1CCC(C(=O)N2CCCC2)CC1. The smallest absolute Gasteiger partial charge is 0.225 e. The highest BCUT2D eigenvalue weighted by atomic mass is 35.5. The molecule has 0 aliphatic carbocycles. The molecule has 3 heterocycles. The summed E-state index contributed by atoms with van der Waals surface area (Å²) in [6.07, 6.45) is 5.97. The van der Waals surface area contributed by atoms with Gasteiger partial charge in [0.05, 0.1) is 12.7 Å². The highest BCUT2D eigenvalue weighted by molar-refractivity contribution is 6.29. The monoisotopic (exact) mass is 310 g/mol. The van der Waals surface area contributed by atoms with Crippen molar-refractivity contribution < 1.29 is 4.79 Å². The molecule has 0 N–H and O–H groups in total. The molecule has 116 valence electrons. The van der Waals surface area contributed by atoms with Gasteiger partial charge in [-0.15, -0.1) is 0 Å². The van der Waals surface area contributed by atoms with Crippen molar-refractivity contribution in [3.63, 3.8) is 0 Å². The molecule has 2 fully saturated rings. The molecule has 1 amide bonds. The maximum Gasteiger partial charge on any atom is 0.225 e. The zero-order valence-electron chi connectivity index (χ0n) is 12.6. The van der Waals surface area contributed by atoms with Gasteiger partial charge in [-0.05, 0) is 38.8 Å². The number of carbonyl (C=O) groups is 1. The van der Waals surface area contributed by atoms with Crippen molar-refractivity contribution in [2.45, 2.75) is 32.2 Å². The van der Waals surface area contributed by atoms with Crippen molar-refractivity contribution in [2.24, 2.45) is 13.0 Å². The molecule has 0 radical (unpaired) electrons. The fourth-order valence-electron chi connectivity index (χ4n) is 3.30. The van der Waals surface area contributed by atoms with E-state index in [1.54, 1.807) is 6.20 Å². The molecule has 1 aromatic heterocycles. The number of rotatable bonds is 3. The van der Waals surface area contributed by atoms with E-state index >= 15 is 0 Å². The van der Waals surface area contributed by atoms with Crippen LogP contribution in [0.4, 0.5) is 0 Å². The lowest BCUT2D eigenvalue weighted by atomic mass is 9.95. The summed E-state index contributed by atoms with van der Waals surface area (Å²) in [6.45, 7) is 4.67. The van der Waals surface area contributed by atoms with Gasteiger partial charge in [-0.25, -0.2) is 4.98 Å². The maximum absolute atomic E-state index is 12.4. The first kappa shape index (κ1) is 14.9. The Balaban J connectivity index is 1.50. The third-order valence-electron chi connectivity index (χ3n) is 4.75. The van der Waals surface area contributed by atoms with Crippen LogP contribution in [0.25, 0.3) is 0 Å². The standard InChI is InChI=1S/C15H23ClN4O/c1-18-13(16)10-17-14(18)11-19-8-4-12(5-9-19)15(21)20-6-2-3-7-20/h10,12H,2-9,11H2,1H3.